The van der Waals surface area contributed by atoms with E-state index in [0.717, 1.165) is 35.4 Å². The van der Waals surface area contributed by atoms with Gasteiger partial charge in [0.15, 0.2) is 0 Å². The molecule has 2 aliphatic rings. The SMILES string of the molecule is O=C(Nc1ccc(C=Cc2ccc(NC(=O)[C@@H]3CCCN3C(=O)Cc3cnc[nH]3)cc2)cc1)[C@@H]1CCCN1C(=O)Cc1cnc[nH]1. The molecule has 2 fully saturated rings. The van der Waals surface area contributed by atoms with Gasteiger partial charge in [0.1, 0.15) is 12.1 Å². The van der Waals surface area contributed by atoms with Crippen LogP contribution in [-0.4, -0.2) is 78.5 Å². The van der Waals surface area contributed by atoms with Crippen LogP contribution < -0.4 is 10.6 Å². The molecule has 2 aromatic heterocycles. The molecule has 46 heavy (non-hydrogen) atoms. The zero-order valence-corrected chi connectivity index (χ0v) is 25.3. The van der Waals surface area contributed by atoms with Gasteiger partial charge in [-0.2, -0.15) is 0 Å². The summed E-state index contributed by atoms with van der Waals surface area (Å²) in [5, 5.41) is 5.90. The van der Waals surface area contributed by atoms with Crippen molar-refractivity contribution in [3.05, 3.63) is 96.1 Å². The van der Waals surface area contributed by atoms with Gasteiger partial charge in [0.2, 0.25) is 23.6 Å². The molecule has 0 aliphatic carbocycles. The number of aromatic amines is 2. The fourth-order valence-electron chi connectivity index (χ4n) is 5.97. The van der Waals surface area contributed by atoms with Gasteiger partial charge in [0.05, 0.1) is 25.5 Å². The number of nitrogens with one attached hydrogen (secondary N) is 4. The van der Waals surface area contributed by atoms with E-state index < -0.39 is 12.1 Å². The van der Waals surface area contributed by atoms with Crippen molar-refractivity contribution in [2.75, 3.05) is 23.7 Å². The van der Waals surface area contributed by atoms with Crippen LogP contribution in [0.4, 0.5) is 11.4 Å². The van der Waals surface area contributed by atoms with Crippen LogP contribution in [0.25, 0.3) is 12.2 Å². The van der Waals surface area contributed by atoms with E-state index in [9.17, 15) is 19.2 Å². The second kappa shape index (κ2) is 14.1. The zero-order valence-electron chi connectivity index (χ0n) is 25.3. The first-order chi connectivity index (χ1) is 22.4. The van der Waals surface area contributed by atoms with E-state index >= 15 is 0 Å². The van der Waals surface area contributed by atoms with E-state index in [-0.39, 0.29) is 36.5 Å². The van der Waals surface area contributed by atoms with E-state index in [2.05, 4.69) is 30.6 Å². The van der Waals surface area contributed by atoms with Crippen molar-refractivity contribution in [1.29, 1.82) is 0 Å². The van der Waals surface area contributed by atoms with Crippen LogP contribution in [0, 0.1) is 0 Å². The van der Waals surface area contributed by atoms with Crippen molar-refractivity contribution in [3.8, 4) is 0 Å². The Morgan fingerprint density at radius 1 is 0.674 bits per heavy atom. The molecular formula is C34H36N8O4. The number of hydrogen-bond donors (Lipinski definition) is 4. The minimum Gasteiger partial charge on any atom is -0.348 e. The monoisotopic (exact) mass is 620 g/mol. The summed E-state index contributed by atoms with van der Waals surface area (Å²) in [5.74, 6) is -0.557. The number of amides is 4. The Morgan fingerprint density at radius 2 is 1.09 bits per heavy atom. The van der Waals surface area contributed by atoms with Crippen LogP contribution in [0.1, 0.15) is 48.2 Å². The molecule has 4 aromatic rings. The third kappa shape index (κ3) is 7.40. The van der Waals surface area contributed by atoms with Gasteiger partial charge in [-0.3, -0.25) is 19.2 Å². The first-order valence-electron chi connectivity index (χ1n) is 15.5. The Balaban J connectivity index is 0.987. The zero-order chi connectivity index (χ0) is 31.9. The van der Waals surface area contributed by atoms with Crippen molar-refractivity contribution in [2.45, 2.75) is 50.6 Å². The average molecular weight is 621 g/mol. The van der Waals surface area contributed by atoms with E-state index in [4.69, 9.17) is 0 Å². The fourth-order valence-corrected chi connectivity index (χ4v) is 5.97. The number of carbonyl (C=O) groups is 4. The number of aromatic nitrogens is 4. The molecule has 0 unspecified atom stereocenters. The van der Waals surface area contributed by atoms with Gasteiger partial charge in [-0.05, 0) is 61.1 Å². The molecule has 4 heterocycles. The van der Waals surface area contributed by atoms with Crippen LogP contribution in [0.2, 0.25) is 0 Å². The summed E-state index contributed by atoms with van der Waals surface area (Å²) < 4.78 is 0. The lowest BCUT2D eigenvalue weighted by Gasteiger charge is -2.24. The molecule has 2 aromatic carbocycles. The third-order valence-corrected chi connectivity index (χ3v) is 8.37. The average Bonchev–Trinajstić information content (AvgIpc) is 3.89. The first-order valence-corrected chi connectivity index (χ1v) is 15.5. The number of H-pyrrole nitrogens is 2. The van der Waals surface area contributed by atoms with Crippen LogP contribution in [0.5, 0.6) is 0 Å². The van der Waals surface area contributed by atoms with Crippen molar-refractivity contribution >= 4 is 47.2 Å². The lowest BCUT2D eigenvalue weighted by molar-refractivity contribution is -0.136. The summed E-state index contributed by atoms with van der Waals surface area (Å²) in [7, 11) is 0. The van der Waals surface area contributed by atoms with Gasteiger partial charge in [0, 0.05) is 48.2 Å². The molecule has 0 saturated carbocycles. The summed E-state index contributed by atoms with van der Waals surface area (Å²) in [6, 6.07) is 14.0. The van der Waals surface area contributed by atoms with E-state index in [1.54, 1.807) is 22.2 Å². The minimum absolute atomic E-state index is 0.0908. The number of imidazole rings is 2. The van der Waals surface area contributed by atoms with Crippen molar-refractivity contribution in [2.24, 2.45) is 0 Å². The number of hydrogen-bond acceptors (Lipinski definition) is 6. The van der Waals surface area contributed by atoms with Gasteiger partial charge in [-0.25, -0.2) is 9.97 Å². The normalized spacial score (nSPS) is 17.8. The summed E-state index contributed by atoms with van der Waals surface area (Å²) in [4.78, 5) is 68.6. The lowest BCUT2D eigenvalue weighted by Crippen LogP contribution is -2.43. The van der Waals surface area contributed by atoms with Crippen LogP contribution in [0.15, 0.2) is 73.6 Å². The maximum atomic E-state index is 13.0. The number of carbonyl (C=O) groups excluding carboxylic acids is 4. The topological polar surface area (TPSA) is 156 Å². The van der Waals surface area contributed by atoms with Crippen LogP contribution >= 0.6 is 0 Å². The third-order valence-electron chi connectivity index (χ3n) is 8.37. The van der Waals surface area contributed by atoms with Gasteiger partial charge >= 0.3 is 0 Å². The summed E-state index contributed by atoms with van der Waals surface area (Å²) >= 11 is 0. The summed E-state index contributed by atoms with van der Waals surface area (Å²) in [5.41, 5.74) is 4.69. The van der Waals surface area contributed by atoms with E-state index in [1.165, 1.54) is 12.7 Å². The molecule has 12 heteroatoms. The van der Waals surface area contributed by atoms with E-state index in [0.29, 0.717) is 37.3 Å². The fraction of sp³-hybridized carbons (Fsp3) is 0.294. The Bertz CT molecular complexity index is 1560. The number of rotatable bonds is 10. The standard InChI is InChI=1S/C34H36N8O4/c43-31(17-27-19-35-21-37-27)41-15-1-3-29(41)33(45)39-25-11-7-23(8-12-25)5-6-24-9-13-26(14-10-24)40-34(46)30-4-2-16-42(30)32(44)18-28-20-36-22-38-28/h5-14,19-22,29-30H,1-4,15-18H2,(H,35,37)(H,36,38)(H,39,45)(H,40,46)/t29-,30-/m0/s1. The first kappa shape index (κ1) is 30.5. The lowest BCUT2D eigenvalue weighted by atomic mass is 10.1. The van der Waals surface area contributed by atoms with Crippen LogP contribution in [0.3, 0.4) is 0 Å². The molecule has 2 saturated heterocycles. The summed E-state index contributed by atoms with van der Waals surface area (Å²) in [6.07, 6.45) is 13.5. The second-order valence-corrected chi connectivity index (χ2v) is 11.6. The van der Waals surface area contributed by atoms with Crippen molar-refractivity contribution in [1.82, 2.24) is 29.7 Å². The highest BCUT2D eigenvalue weighted by Gasteiger charge is 2.35. The molecule has 0 bridgehead atoms. The Kier molecular flexibility index (Phi) is 9.32. The van der Waals surface area contributed by atoms with Gasteiger partial charge in [-0.1, -0.05) is 36.4 Å². The Morgan fingerprint density at radius 3 is 1.46 bits per heavy atom. The molecule has 12 nitrogen and oxygen atoms in total. The molecule has 0 radical (unpaired) electrons. The summed E-state index contributed by atoms with van der Waals surface area (Å²) in [6.45, 7) is 1.13. The highest BCUT2D eigenvalue weighted by atomic mass is 16.2. The van der Waals surface area contributed by atoms with E-state index in [1.807, 2.05) is 60.7 Å². The molecule has 2 atom stereocenters. The molecule has 4 amide bonds. The largest absolute Gasteiger partial charge is 0.348 e. The van der Waals surface area contributed by atoms with Crippen molar-refractivity contribution in [3.63, 3.8) is 0 Å². The maximum absolute atomic E-state index is 13.0. The predicted molar refractivity (Wildman–Crippen MR) is 173 cm³/mol. The number of benzene rings is 2. The highest BCUT2D eigenvalue weighted by molar-refractivity contribution is 5.98. The number of likely N-dealkylation sites (tertiary alicyclic amines) is 2. The Hall–Kier alpha value is -5.52. The Labute approximate surface area is 266 Å². The highest BCUT2D eigenvalue weighted by Crippen LogP contribution is 2.23. The number of anilines is 2. The second-order valence-electron chi connectivity index (χ2n) is 11.6. The smallest absolute Gasteiger partial charge is 0.247 e. The quantitative estimate of drug-likeness (QED) is 0.198. The molecule has 4 N–H and O–H groups in total. The minimum atomic E-state index is -0.491. The molecular weight excluding hydrogens is 584 g/mol. The van der Waals surface area contributed by atoms with Gasteiger partial charge in [-0.15, -0.1) is 0 Å². The number of nitrogens with zero attached hydrogens (tertiary/aromatic N) is 4. The van der Waals surface area contributed by atoms with Crippen LogP contribution in [-0.2, 0) is 32.0 Å². The van der Waals surface area contributed by atoms with Gasteiger partial charge < -0.3 is 30.4 Å². The maximum Gasteiger partial charge on any atom is 0.247 e. The predicted octanol–water partition coefficient (Wildman–Crippen LogP) is 3.65. The molecule has 0 spiro atoms. The van der Waals surface area contributed by atoms with Crippen molar-refractivity contribution < 1.29 is 19.2 Å². The molecule has 2 aliphatic heterocycles. The van der Waals surface area contributed by atoms with Gasteiger partial charge in [0.25, 0.3) is 0 Å². The molecule has 6 rings (SSSR count). The molecule has 236 valence electrons.